The van der Waals surface area contributed by atoms with E-state index in [0.29, 0.717) is 35.6 Å². The number of pyridine rings is 1. The molecule has 1 N–H and O–H groups in total. The van der Waals surface area contributed by atoms with E-state index in [0.717, 1.165) is 21.6 Å². The molecule has 0 fully saturated rings. The lowest BCUT2D eigenvalue weighted by Crippen LogP contribution is -2.02. The maximum absolute atomic E-state index is 11.6. The summed E-state index contributed by atoms with van der Waals surface area (Å²) in [7, 11) is 0. The molecule has 1 aromatic heterocycles. The third-order valence-corrected chi connectivity index (χ3v) is 5.35. The van der Waals surface area contributed by atoms with E-state index < -0.39 is 0 Å². The Morgan fingerprint density at radius 1 is 1.17 bits per heavy atom. The molecule has 0 aliphatic heterocycles. The molecule has 2 aromatic carbocycles. The van der Waals surface area contributed by atoms with Crippen molar-refractivity contribution < 1.29 is 19.4 Å². The highest BCUT2D eigenvalue weighted by Gasteiger charge is 2.15. The van der Waals surface area contributed by atoms with Crippen molar-refractivity contribution in [3.63, 3.8) is 0 Å². The number of aldehydes is 1. The molecule has 1 heterocycles. The molecular weight excluding hydrogens is 386 g/mol. The molecule has 0 radical (unpaired) electrons. The second kappa shape index (κ2) is 9.39. The molecule has 6 heteroatoms. The Balaban J connectivity index is 1.73. The van der Waals surface area contributed by atoms with Crippen molar-refractivity contribution in [3.05, 3.63) is 77.1 Å². The molecular formula is C23H21NO4S. The number of benzene rings is 2. The van der Waals surface area contributed by atoms with Crippen molar-refractivity contribution in [1.82, 2.24) is 4.98 Å². The number of rotatable bonds is 8. The van der Waals surface area contributed by atoms with Gasteiger partial charge in [-0.1, -0.05) is 30.8 Å². The van der Waals surface area contributed by atoms with Crippen LogP contribution < -0.4 is 4.74 Å². The fourth-order valence-electron chi connectivity index (χ4n) is 2.90. The van der Waals surface area contributed by atoms with Crippen molar-refractivity contribution in [2.45, 2.75) is 36.7 Å². The molecule has 0 atom stereocenters. The number of aromatic nitrogens is 1. The van der Waals surface area contributed by atoms with Crippen LogP contribution in [0.3, 0.4) is 0 Å². The van der Waals surface area contributed by atoms with E-state index in [1.54, 1.807) is 36.2 Å². The van der Waals surface area contributed by atoms with Crippen molar-refractivity contribution in [2.75, 3.05) is 0 Å². The molecule has 5 nitrogen and oxygen atoms in total. The lowest BCUT2D eigenvalue weighted by molar-refractivity contribution is 0.101. The molecule has 0 saturated carbocycles. The van der Waals surface area contributed by atoms with Gasteiger partial charge >= 0.3 is 0 Å². The summed E-state index contributed by atoms with van der Waals surface area (Å²) in [5.74, 6) is 0.388. The average molecular weight is 407 g/mol. The van der Waals surface area contributed by atoms with Crippen LogP contribution >= 0.6 is 11.8 Å². The van der Waals surface area contributed by atoms with Gasteiger partial charge in [0.2, 0.25) is 0 Å². The second-order valence-electron chi connectivity index (χ2n) is 6.42. The highest BCUT2D eigenvalue weighted by Crippen LogP contribution is 2.33. The molecule has 0 saturated heterocycles. The highest BCUT2D eigenvalue weighted by molar-refractivity contribution is 7.99. The number of hydrogen-bond acceptors (Lipinski definition) is 6. The number of ether oxygens (including phenoxy) is 1. The van der Waals surface area contributed by atoms with Crippen molar-refractivity contribution >= 4 is 23.8 Å². The number of phenols is 1. The van der Waals surface area contributed by atoms with Crippen LogP contribution in [0.15, 0.2) is 64.5 Å². The number of ketones is 1. The van der Waals surface area contributed by atoms with Gasteiger partial charge in [0, 0.05) is 21.6 Å². The Morgan fingerprint density at radius 3 is 2.66 bits per heavy atom. The maximum atomic E-state index is 11.6. The topological polar surface area (TPSA) is 76.5 Å². The van der Waals surface area contributed by atoms with Gasteiger partial charge in [0.1, 0.15) is 23.8 Å². The predicted octanol–water partition coefficient (Wildman–Crippen LogP) is 5.09. The number of Topliss-reactive ketones (excluding diaryl/α,β-unsaturated/α-hetero) is 1. The fourth-order valence-corrected chi connectivity index (χ4v) is 3.77. The normalized spacial score (nSPS) is 10.6. The zero-order valence-corrected chi connectivity index (χ0v) is 17.0. The quantitative estimate of drug-likeness (QED) is 0.414. The smallest absolute Gasteiger partial charge is 0.168 e. The van der Waals surface area contributed by atoms with Crippen LogP contribution in [-0.2, 0) is 13.0 Å². The molecule has 0 unspecified atom stereocenters. The first kappa shape index (κ1) is 20.6. The number of hydrogen-bond donors (Lipinski definition) is 1. The van der Waals surface area contributed by atoms with E-state index in [2.05, 4.69) is 4.98 Å². The van der Waals surface area contributed by atoms with Gasteiger partial charge in [-0.15, -0.1) is 0 Å². The van der Waals surface area contributed by atoms with E-state index in [4.69, 9.17) is 4.74 Å². The van der Waals surface area contributed by atoms with Crippen LogP contribution in [0.5, 0.6) is 11.5 Å². The SMILES string of the molecule is CCc1c(OCc2cccc(Sc3ccc(C=O)nc3)c2)ccc(C(C)=O)c1O. The first-order valence-electron chi connectivity index (χ1n) is 9.18. The van der Waals surface area contributed by atoms with Gasteiger partial charge in [-0.25, -0.2) is 0 Å². The largest absolute Gasteiger partial charge is 0.507 e. The number of carbonyl (C=O) groups is 2. The minimum atomic E-state index is -0.177. The number of phenolic OH excluding ortho intramolecular Hbond substituents is 1. The minimum absolute atomic E-state index is 0.00641. The van der Waals surface area contributed by atoms with Crippen molar-refractivity contribution in [1.29, 1.82) is 0 Å². The summed E-state index contributed by atoms with van der Waals surface area (Å²) >= 11 is 1.55. The van der Waals surface area contributed by atoms with E-state index in [-0.39, 0.29) is 11.5 Å². The first-order chi connectivity index (χ1) is 14.0. The summed E-state index contributed by atoms with van der Waals surface area (Å²) in [5.41, 5.74) is 2.32. The molecule has 3 rings (SSSR count). The molecule has 0 bridgehead atoms. The number of aromatic hydroxyl groups is 1. The molecule has 29 heavy (non-hydrogen) atoms. The Morgan fingerprint density at radius 2 is 2.00 bits per heavy atom. The summed E-state index contributed by atoms with van der Waals surface area (Å²) < 4.78 is 5.93. The third-order valence-electron chi connectivity index (χ3n) is 4.38. The van der Waals surface area contributed by atoms with Gasteiger partial charge in [0.25, 0.3) is 0 Å². The van der Waals surface area contributed by atoms with Crippen LogP contribution in [0.1, 0.15) is 45.8 Å². The Bertz CT molecular complexity index is 1030. The van der Waals surface area contributed by atoms with Gasteiger partial charge in [0.15, 0.2) is 12.1 Å². The van der Waals surface area contributed by atoms with Crippen LogP contribution in [0, 0.1) is 0 Å². The molecule has 0 amide bonds. The van der Waals surface area contributed by atoms with Gasteiger partial charge in [-0.05, 0) is 55.3 Å². The van der Waals surface area contributed by atoms with Gasteiger partial charge in [-0.2, -0.15) is 0 Å². The molecule has 3 aromatic rings. The Kier molecular flexibility index (Phi) is 6.67. The van der Waals surface area contributed by atoms with E-state index in [9.17, 15) is 14.7 Å². The van der Waals surface area contributed by atoms with Gasteiger partial charge in [-0.3, -0.25) is 14.6 Å². The van der Waals surface area contributed by atoms with E-state index in [1.807, 2.05) is 37.3 Å². The third kappa shape index (κ3) is 5.03. The molecule has 0 aliphatic carbocycles. The molecule has 0 spiro atoms. The van der Waals surface area contributed by atoms with Crippen LogP contribution in [-0.4, -0.2) is 22.2 Å². The summed E-state index contributed by atoms with van der Waals surface area (Å²) in [6, 6.07) is 14.8. The Hall–Kier alpha value is -3.12. The van der Waals surface area contributed by atoms with Gasteiger partial charge in [0.05, 0.1) is 5.56 Å². The second-order valence-corrected chi connectivity index (χ2v) is 7.57. The maximum Gasteiger partial charge on any atom is 0.168 e. The predicted molar refractivity (Wildman–Crippen MR) is 112 cm³/mol. The molecule has 0 aliphatic rings. The van der Waals surface area contributed by atoms with E-state index >= 15 is 0 Å². The zero-order valence-electron chi connectivity index (χ0n) is 16.2. The van der Waals surface area contributed by atoms with E-state index in [1.165, 1.54) is 6.92 Å². The van der Waals surface area contributed by atoms with Gasteiger partial charge < -0.3 is 9.84 Å². The minimum Gasteiger partial charge on any atom is -0.507 e. The summed E-state index contributed by atoms with van der Waals surface area (Å²) in [6.45, 7) is 3.68. The number of nitrogens with zero attached hydrogens (tertiary/aromatic N) is 1. The van der Waals surface area contributed by atoms with Crippen LogP contribution in [0.25, 0.3) is 0 Å². The summed E-state index contributed by atoms with van der Waals surface area (Å²) in [4.78, 5) is 28.4. The van der Waals surface area contributed by atoms with Crippen molar-refractivity contribution in [3.8, 4) is 11.5 Å². The standard InChI is InChI=1S/C23H21NO4S/c1-3-20-22(10-9-21(15(2)26)23(20)27)28-14-16-5-4-6-18(11-16)29-19-8-7-17(13-25)24-12-19/h4-13,27H,3,14H2,1-2H3. The average Bonchev–Trinajstić information content (AvgIpc) is 2.73. The molecule has 148 valence electrons. The van der Waals surface area contributed by atoms with Crippen molar-refractivity contribution in [2.24, 2.45) is 0 Å². The zero-order chi connectivity index (χ0) is 20.8. The lowest BCUT2D eigenvalue weighted by Gasteiger charge is -2.14. The monoisotopic (exact) mass is 407 g/mol. The van der Waals surface area contributed by atoms with Crippen LogP contribution in [0.4, 0.5) is 0 Å². The number of carbonyl (C=O) groups excluding carboxylic acids is 2. The van der Waals surface area contributed by atoms with Crippen LogP contribution in [0.2, 0.25) is 0 Å². The fraction of sp³-hybridized carbons (Fsp3) is 0.174. The first-order valence-corrected chi connectivity index (χ1v) is 10.00. The highest BCUT2D eigenvalue weighted by atomic mass is 32.2. The Labute approximate surface area is 173 Å². The lowest BCUT2D eigenvalue weighted by atomic mass is 10.0. The summed E-state index contributed by atoms with van der Waals surface area (Å²) in [5, 5.41) is 10.4. The summed E-state index contributed by atoms with van der Waals surface area (Å²) in [6.07, 6.45) is 2.95.